The molecule has 5 atom stereocenters. The number of pyridine rings is 1. The second-order valence-corrected chi connectivity index (χ2v) is 12.9. The molecule has 2 unspecified atom stereocenters. The van der Waals surface area contributed by atoms with Gasteiger partial charge in [-0.15, -0.1) is 0 Å². The Morgan fingerprint density at radius 1 is 1.09 bits per heavy atom. The van der Waals surface area contributed by atoms with E-state index in [2.05, 4.69) is 29.0 Å². The van der Waals surface area contributed by atoms with Crippen molar-refractivity contribution in [3.63, 3.8) is 0 Å². The standard InChI is InChI=1S/C34H34F3N3O4/c1-18-11-19(2)16-40(15-18)17-21-4-3-20(12-26(21)34(35,36)37)27(41)14-25-31-24-13-22(5-7-28(24)44-32(25)31)43-29-9-10-38-33-23(29)6-8-30(42)39-33/h3-5,7,9-10,12-13,18-19,25,31-32H,6,8,11,14-17H2,1-2H3,(H,38,39,42)/t18?,19?,25-,31-,32+/m0/s1. The summed E-state index contributed by atoms with van der Waals surface area (Å²) in [6, 6.07) is 11.4. The van der Waals surface area contributed by atoms with E-state index in [1.807, 2.05) is 18.2 Å². The minimum absolute atomic E-state index is 0.0208. The van der Waals surface area contributed by atoms with Crippen molar-refractivity contribution in [2.45, 2.75) is 64.3 Å². The van der Waals surface area contributed by atoms with Crippen molar-refractivity contribution in [1.29, 1.82) is 0 Å². The molecule has 4 aliphatic rings. The average molecular weight is 606 g/mol. The SMILES string of the molecule is CC1CC(C)CN(Cc2ccc(C(=O)C[C@@H]3[C@H]4Oc5ccc(Oc6ccnc7c6CCC(=O)N7)cc5[C@@H]34)cc2C(F)(F)F)C1. The summed E-state index contributed by atoms with van der Waals surface area (Å²) >= 11 is 0. The highest BCUT2D eigenvalue weighted by molar-refractivity contribution is 5.97. The normalized spacial score (nSPS) is 25.8. The number of fused-ring (bicyclic) bond motifs is 4. The third-order valence-corrected chi connectivity index (χ3v) is 9.30. The lowest BCUT2D eigenvalue weighted by molar-refractivity contribution is -0.138. The number of anilines is 1. The highest BCUT2D eigenvalue weighted by atomic mass is 19.4. The summed E-state index contributed by atoms with van der Waals surface area (Å²) in [5.41, 5.74) is 1.32. The summed E-state index contributed by atoms with van der Waals surface area (Å²) in [7, 11) is 0. The van der Waals surface area contributed by atoms with E-state index in [0.29, 0.717) is 42.0 Å². The second-order valence-electron chi connectivity index (χ2n) is 12.9. The minimum Gasteiger partial charge on any atom is -0.489 e. The molecule has 230 valence electrons. The van der Waals surface area contributed by atoms with Crippen LogP contribution in [0, 0.1) is 17.8 Å². The molecule has 3 aliphatic heterocycles. The number of benzene rings is 2. The number of piperidine rings is 1. The van der Waals surface area contributed by atoms with Gasteiger partial charge in [0.15, 0.2) is 5.78 Å². The molecule has 2 aromatic carbocycles. The quantitative estimate of drug-likeness (QED) is 0.292. The number of ketones is 1. The number of carbonyl (C=O) groups excluding carboxylic acids is 2. The van der Waals surface area contributed by atoms with E-state index in [1.165, 1.54) is 6.07 Å². The zero-order valence-corrected chi connectivity index (χ0v) is 24.6. The Kier molecular flexibility index (Phi) is 7.15. The van der Waals surface area contributed by atoms with E-state index >= 15 is 0 Å². The monoisotopic (exact) mass is 605 g/mol. The van der Waals surface area contributed by atoms with Crippen molar-refractivity contribution in [1.82, 2.24) is 9.88 Å². The Balaban J connectivity index is 1.04. The molecule has 10 heteroatoms. The molecule has 1 aliphatic carbocycles. The Labute approximate surface area is 253 Å². The fraction of sp³-hybridized carbons (Fsp3) is 0.441. The number of aromatic nitrogens is 1. The van der Waals surface area contributed by atoms with Crippen molar-refractivity contribution >= 4 is 17.5 Å². The van der Waals surface area contributed by atoms with Crippen molar-refractivity contribution in [2.24, 2.45) is 17.8 Å². The Morgan fingerprint density at radius 3 is 2.66 bits per heavy atom. The molecule has 7 nitrogen and oxygen atoms in total. The van der Waals surface area contributed by atoms with Gasteiger partial charge < -0.3 is 14.8 Å². The number of Topliss-reactive ketones (excluding diaryl/α,β-unsaturated/α-hetero) is 1. The van der Waals surface area contributed by atoms with E-state index in [9.17, 15) is 22.8 Å². The van der Waals surface area contributed by atoms with Crippen LogP contribution in [0.1, 0.15) is 71.6 Å². The summed E-state index contributed by atoms with van der Waals surface area (Å²) in [6.07, 6.45) is -1.08. The highest BCUT2D eigenvalue weighted by Gasteiger charge is 2.59. The first kappa shape index (κ1) is 28.8. The van der Waals surface area contributed by atoms with Gasteiger partial charge in [0.2, 0.25) is 5.91 Å². The summed E-state index contributed by atoms with van der Waals surface area (Å²) in [5, 5.41) is 2.77. The molecule has 7 rings (SSSR count). The van der Waals surface area contributed by atoms with Gasteiger partial charge in [0.25, 0.3) is 0 Å². The summed E-state index contributed by atoms with van der Waals surface area (Å²) in [6.45, 7) is 6.02. The average Bonchev–Trinajstić information content (AvgIpc) is 3.48. The van der Waals surface area contributed by atoms with Gasteiger partial charge in [-0.1, -0.05) is 26.0 Å². The van der Waals surface area contributed by atoms with Crippen molar-refractivity contribution in [3.8, 4) is 17.2 Å². The molecule has 0 radical (unpaired) electrons. The molecule has 0 bridgehead atoms. The van der Waals surface area contributed by atoms with Gasteiger partial charge in [-0.25, -0.2) is 4.98 Å². The van der Waals surface area contributed by atoms with Crippen molar-refractivity contribution < 1.29 is 32.2 Å². The maximum Gasteiger partial charge on any atom is 0.416 e. The van der Waals surface area contributed by atoms with Gasteiger partial charge in [0.1, 0.15) is 29.2 Å². The van der Waals surface area contributed by atoms with Crippen LogP contribution in [-0.2, 0) is 23.9 Å². The second kappa shape index (κ2) is 10.9. The van der Waals surface area contributed by atoms with Crippen LogP contribution >= 0.6 is 0 Å². The fourth-order valence-electron chi connectivity index (χ4n) is 7.38. The number of hydrogen-bond acceptors (Lipinski definition) is 6. The minimum atomic E-state index is -4.55. The van der Waals surface area contributed by atoms with Crippen LogP contribution in [0.25, 0.3) is 0 Å². The van der Waals surface area contributed by atoms with Crippen LogP contribution in [-0.4, -0.2) is 40.8 Å². The topological polar surface area (TPSA) is 80.8 Å². The molecule has 1 aromatic heterocycles. The van der Waals surface area contributed by atoms with Gasteiger partial charge in [-0.05, 0) is 60.6 Å². The maximum absolute atomic E-state index is 14.1. The Morgan fingerprint density at radius 2 is 1.89 bits per heavy atom. The lowest BCUT2D eigenvalue weighted by Gasteiger charge is -2.35. The van der Waals surface area contributed by atoms with E-state index in [0.717, 1.165) is 42.5 Å². The molecule has 44 heavy (non-hydrogen) atoms. The van der Waals surface area contributed by atoms with Crippen LogP contribution in [0.5, 0.6) is 17.2 Å². The van der Waals surface area contributed by atoms with E-state index in [1.54, 1.807) is 18.3 Å². The van der Waals surface area contributed by atoms with E-state index in [-0.39, 0.29) is 53.7 Å². The van der Waals surface area contributed by atoms with Crippen LogP contribution in [0.3, 0.4) is 0 Å². The fourth-order valence-corrected chi connectivity index (χ4v) is 7.38. The Hall–Kier alpha value is -3.92. The number of nitrogens with zero attached hydrogens (tertiary/aromatic N) is 2. The molecular weight excluding hydrogens is 571 g/mol. The van der Waals surface area contributed by atoms with E-state index in [4.69, 9.17) is 9.47 Å². The van der Waals surface area contributed by atoms with Gasteiger partial charge in [-0.2, -0.15) is 13.2 Å². The summed E-state index contributed by atoms with van der Waals surface area (Å²) in [4.78, 5) is 31.4. The maximum atomic E-state index is 14.1. The molecule has 2 fully saturated rings. The van der Waals surface area contributed by atoms with E-state index < -0.39 is 11.7 Å². The van der Waals surface area contributed by atoms with Gasteiger partial charge in [0.05, 0.1) is 5.56 Å². The predicted molar refractivity (Wildman–Crippen MR) is 157 cm³/mol. The molecule has 3 aromatic rings. The number of nitrogens with one attached hydrogen (secondary N) is 1. The summed E-state index contributed by atoms with van der Waals surface area (Å²) in [5.74, 6) is 2.78. The van der Waals surface area contributed by atoms with Crippen LogP contribution in [0.15, 0.2) is 48.7 Å². The number of hydrogen-bond donors (Lipinski definition) is 1. The molecule has 1 saturated carbocycles. The zero-order chi connectivity index (χ0) is 30.7. The van der Waals surface area contributed by atoms with Crippen LogP contribution < -0.4 is 14.8 Å². The summed E-state index contributed by atoms with van der Waals surface area (Å²) < 4.78 is 54.7. The number of likely N-dealkylation sites (tertiary alicyclic amines) is 1. The molecular formula is C34H34F3N3O4. The van der Waals surface area contributed by atoms with Crippen molar-refractivity contribution in [3.05, 3.63) is 76.5 Å². The smallest absolute Gasteiger partial charge is 0.416 e. The van der Waals surface area contributed by atoms with Crippen molar-refractivity contribution in [2.75, 3.05) is 18.4 Å². The molecule has 1 N–H and O–H groups in total. The third kappa shape index (κ3) is 5.56. The zero-order valence-electron chi connectivity index (χ0n) is 24.6. The first-order valence-corrected chi connectivity index (χ1v) is 15.3. The van der Waals surface area contributed by atoms with Crippen LogP contribution in [0.4, 0.5) is 19.0 Å². The number of halogens is 3. The third-order valence-electron chi connectivity index (χ3n) is 9.30. The highest BCUT2D eigenvalue weighted by Crippen LogP contribution is 2.60. The lowest BCUT2D eigenvalue weighted by Crippen LogP contribution is -2.38. The molecule has 1 saturated heterocycles. The molecule has 4 heterocycles. The number of alkyl halides is 3. The number of amides is 1. The van der Waals surface area contributed by atoms with Crippen LogP contribution in [0.2, 0.25) is 0 Å². The number of ether oxygens (including phenoxy) is 2. The first-order chi connectivity index (χ1) is 21.0. The Bertz CT molecular complexity index is 1630. The van der Waals surface area contributed by atoms with Gasteiger partial charge in [0, 0.05) is 67.2 Å². The number of rotatable bonds is 7. The molecule has 1 amide bonds. The predicted octanol–water partition coefficient (Wildman–Crippen LogP) is 7.00. The first-order valence-electron chi connectivity index (χ1n) is 15.3. The largest absolute Gasteiger partial charge is 0.489 e. The lowest BCUT2D eigenvalue weighted by atomic mass is 9.91. The van der Waals surface area contributed by atoms with Gasteiger partial charge >= 0.3 is 6.18 Å². The number of carbonyl (C=O) groups is 2. The van der Waals surface area contributed by atoms with Gasteiger partial charge in [-0.3, -0.25) is 14.5 Å². The molecule has 0 spiro atoms.